The molecular weight excluding hydrogens is 188 g/mol. The number of hydrogen-bond donors (Lipinski definition) is 2. The van der Waals surface area contributed by atoms with E-state index in [1.54, 1.807) is 0 Å². The number of rotatable bonds is 1. The predicted molar refractivity (Wildman–Crippen MR) is 61.1 cm³/mol. The van der Waals surface area contributed by atoms with Crippen molar-refractivity contribution in [2.75, 3.05) is 6.67 Å². The molecule has 0 bridgehead atoms. The second-order valence-corrected chi connectivity index (χ2v) is 4.88. The van der Waals surface area contributed by atoms with Gasteiger partial charge >= 0.3 is 0 Å². The van der Waals surface area contributed by atoms with E-state index in [1.165, 1.54) is 57.8 Å². The van der Waals surface area contributed by atoms with E-state index in [0.29, 0.717) is 0 Å². The second kappa shape index (κ2) is 6.46. The van der Waals surface area contributed by atoms with Crippen LogP contribution in [0.25, 0.3) is 0 Å². The van der Waals surface area contributed by atoms with Crippen LogP contribution in [0.5, 0.6) is 0 Å². The Morgan fingerprint density at radius 2 is 1.40 bits per heavy atom. The first-order valence-electron chi connectivity index (χ1n) is 6.59. The summed E-state index contributed by atoms with van der Waals surface area (Å²) in [6.07, 6.45) is 12.8. The van der Waals surface area contributed by atoms with Gasteiger partial charge in [0.25, 0.3) is 0 Å². The molecule has 0 aromatic heterocycles. The molecule has 3 heteroatoms. The molecular formula is C12H24N2O. The van der Waals surface area contributed by atoms with Crippen LogP contribution in [0, 0.1) is 5.92 Å². The molecule has 0 aromatic carbocycles. The molecule has 1 unspecified atom stereocenters. The quantitative estimate of drug-likeness (QED) is 0.701. The zero-order chi connectivity index (χ0) is 10.3. The lowest BCUT2D eigenvalue weighted by Crippen LogP contribution is -2.31. The standard InChI is InChI=1S/C12H24N2O/c1-2-4-6-8-11(9-7-5-3-1)12-13-10-14-15-12/h11-14H,1-10H2. The average molecular weight is 212 g/mol. The fourth-order valence-corrected chi connectivity index (χ4v) is 2.72. The first kappa shape index (κ1) is 11.4. The second-order valence-electron chi connectivity index (χ2n) is 4.88. The minimum absolute atomic E-state index is 0.268. The predicted octanol–water partition coefficient (Wildman–Crippen LogP) is 2.54. The summed E-state index contributed by atoms with van der Waals surface area (Å²) in [6, 6.07) is 0. The van der Waals surface area contributed by atoms with E-state index in [-0.39, 0.29) is 6.23 Å². The molecule has 0 spiro atoms. The molecule has 0 aromatic rings. The number of hydrogen-bond acceptors (Lipinski definition) is 3. The maximum Gasteiger partial charge on any atom is 0.133 e. The van der Waals surface area contributed by atoms with E-state index in [1.807, 2.05) is 0 Å². The Kier molecular flexibility index (Phi) is 4.90. The van der Waals surface area contributed by atoms with Crippen molar-refractivity contribution in [3.8, 4) is 0 Å². The molecule has 1 aliphatic heterocycles. The molecule has 1 atom stereocenters. The Balaban J connectivity index is 1.78. The van der Waals surface area contributed by atoms with E-state index in [9.17, 15) is 0 Å². The van der Waals surface area contributed by atoms with Crippen LogP contribution >= 0.6 is 0 Å². The highest BCUT2D eigenvalue weighted by atomic mass is 16.7. The largest absolute Gasteiger partial charge is 0.281 e. The van der Waals surface area contributed by atoms with Crippen LogP contribution in [-0.2, 0) is 4.84 Å². The molecule has 2 fully saturated rings. The van der Waals surface area contributed by atoms with Gasteiger partial charge in [-0.2, -0.15) is 5.48 Å². The zero-order valence-electron chi connectivity index (χ0n) is 9.63. The SMILES string of the molecule is C1CCCCC(C2NCNO2)CCCC1. The molecule has 88 valence electrons. The number of hydroxylamine groups is 1. The summed E-state index contributed by atoms with van der Waals surface area (Å²) < 4.78 is 0. The first-order valence-corrected chi connectivity index (χ1v) is 6.59. The monoisotopic (exact) mass is 212 g/mol. The normalized spacial score (nSPS) is 31.6. The van der Waals surface area contributed by atoms with Crippen molar-refractivity contribution < 1.29 is 4.84 Å². The highest BCUT2D eigenvalue weighted by Crippen LogP contribution is 2.24. The van der Waals surface area contributed by atoms with Gasteiger partial charge in [0.1, 0.15) is 6.23 Å². The summed E-state index contributed by atoms with van der Waals surface area (Å²) >= 11 is 0. The average Bonchev–Trinajstić information content (AvgIpc) is 2.79. The molecule has 2 rings (SSSR count). The van der Waals surface area contributed by atoms with Crippen molar-refractivity contribution in [2.45, 2.75) is 64.0 Å². The lowest BCUT2D eigenvalue weighted by molar-refractivity contribution is -0.0132. The third-order valence-corrected chi connectivity index (χ3v) is 3.66. The van der Waals surface area contributed by atoms with E-state index >= 15 is 0 Å². The van der Waals surface area contributed by atoms with Gasteiger partial charge in [0.2, 0.25) is 0 Å². The van der Waals surface area contributed by atoms with E-state index in [0.717, 1.165) is 12.6 Å². The van der Waals surface area contributed by atoms with Gasteiger partial charge in [-0.15, -0.1) is 0 Å². The van der Waals surface area contributed by atoms with E-state index < -0.39 is 0 Å². The summed E-state index contributed by atoms with van der Waals surface area (Å²) in [5, 5.41) is 3.38. The Bertz CT molecular complexity index is 159. The van der Waals surface area contributed by atoms with Crippen molar-refractivity contribution in [2.24, 2.45) is 5.92 Å². The van der Waals surface area contributed by atoms with Crippen molar-refractivity contribution in [3.05, 3.63) is 0 Å². The van der Waals surface area contributed by atoms with Gasteiger partial charge in [0.15, 0.2) is 0 Å². The van der Waals surface area contributed by atoms with Gasteiger partial charge in [0, 0.05) is 5.92 Å². The van der Waals surface area contributed by atoms with Gasteiger partial charge in [-0.25, -0.2) is 0 Å². The summed E-state index contributed by atoms with van der Waals surface area (Å²) in [5.41, 5.74) is 2.92. The van der Waals surface area contributed by atoms with Crippen LogP contribution in [0.3, 0.4) is 0 Å². The molecule has 3 nitrogen and oxygen atoms in total. The smallest absolute Gasteiger partial charge is 0.133 e. The topological polar surface area (TPSA) is 33.3 Å². The molecule has 0 amide bonds. The highest BCUT2D eigenvalue weighted by molar-refractivity contribution is 4.71. The summed E-state index contributed by atoms with van der Waals surface area (Å²) in [4.78, 5) is 5.50. The third kappa shape index (κ3) is 3.74. The Morgan fingerprint density at radius 3 is 1.93 bits per heavy atom. The summed E-state index contributed by atoms with van der Waals surface area (Å²) in [7, 11) is 0. The van der Waals surface area contributed by atoms with Crippen LogP contribution in [-0.4, -0.2) is 12.9 Å². The van der Waals surface area contributed by atoms with Crippen molar-refractivity contribution in [1.29, 1.82) is 0 Å². The van der Waals surface area contributed by atoms with Gasteiger partial charge in [-0.3, -0.25) is 10.2 Å². The lowest BCUT2D eigenvalue weighted by Gasteiger charge is -2.23. The summed E-state index contributed by atoms with van der Waals surface area (Å²) in [6.45, 7) is 0.807. The molecule has 1 saturated heterocycles. The van der Waals surface area contributed by atoms with E-state index in [2.05, 4.69) is 10.8 Å². The van der Waals surface area contributed by atoms with Gasteiger partial charge in [0.05, 0.1) is 6.67 Å². The molecule has 1 aliphatic carbocycles. The Hall–Kier alpha value is -0.120. The first-order chi connectivity index (χ1) is 7.47. The maximum absolute atomic E-state index is 5.50. The highest BCUT2D eigenvalue weighted by Gasteiger charge is 2.25. The van der Waals surface area contributed by atoms with Crippen molar-refractivity contribution in [3.63, 3.8) is 0 Å². The third-order valence-electron chi connectivity index (χ3n) is 3.66. The maximum atomic E-state index is 5.50. The lowest BCUT2D eigenvalue weighted by atomic mass is 9.91. The van der Waals surface area contributed by atoms with Crippen LogP contribution in [0.2, 0.25) is 0 Å². The van der Waals surface area contributed by atoms with E-state index in [4.69, 9.17) is 4.84 Å². The van der Waals surface area contributed by atoms with Crippen molar-refractivity contribution in [1.82, 2.24) is 10.8 Å². The van der Waals surface area contributed by atoms with Crippen molar-refractivity contribution >= 4 is 0 Å². The van der Waals surface area contributed by atoms with Gasteiger partial charge < -0.3 is 0 Å². The Morgan fingerprint density at radius 1 is 0.800 bits per heavy atom. The van der Waals surface area contributed by atoms with Crippen LogP contribution < -0.4 is 10.8 Å². The number of nitrogens with one attached hydrogen (secondary N) is 2. The minimum Gasteiger partial charge on any atom is -0.281 e. The zero-order valence-corrected chi connectivity index (χ0v) is 9.63. The van der Waals surface area contributed by atoms with Gasteiger partial charge in [-0.1, -0.05) is 44.9 Å². The molecule has 2 aliphatic rings. The van der Waals surface area contributed by atoms with Crippen LogP contribution in [0.15, 0.2) is 0 Å². The van der Waals surface area contributed by atoms with Gasteiger partial charge in [-0.05, 0) is 12.8 Å². The van der Waals surface area contributed by atoms with Crippen LogP contribution in [0.1, 0.15) is 57.8 Å². The summed E-state index contributed by atoms with van der Waals surface area (Å²) in [5.74, 6) is 0.720. The molecule has 2 N–H and O–H groups in total. The minimum atomic E-state index is 0.268. The fourth-order valence-electron chi connectivity index (χ4n) is 2.72. The molecule has 0 radical (unpaired) electrons. The molecule has 1 heterocycles. The molecule has 15 heavy (non-hydrogen) atoms. The molecule has 1 saturated carbocycles. The Labute approximate surface area is 92.9 Å². The fraction of sp³-hybridized carbons (Fsp3) is 1.00. The van der Waals surface area contributed by atoms with Crippen LogP contribution in [0.4, 0.5) is 0 Å².